The van der Waals surface area contributed by atoms with Crippen molar-refractivity contribution in [2.45, 2.75) is 77.8 Å². The fourth-order valence-corrected chi connectivity index (χ4v) is 9.91. The van der Waals surface area contributed by atoms with Gasteiger partial charge in [-0.2, -0.15) is 0 Å². The van der Waals surface area contributed by atoms with Crippen LogP contribution >= 0.6 is 11.6 Å². The number of carbonyl (C=O) groups is 1. The van der Waals surface area contributed by atoms with Gasteiger partial charge >= 0.3 is 0 Å². The van der Waals surface area contributed by atoms with E-state index in [1.165, 1.54) is 5.56 Å². The van der Waals surface area contributed by atoms with Gasteiger partial charge in [0.2, 0.25) is 10.0 Å². The average Bonchev–Trinajstić information content (AvgIpc) is 3.04. The molecule has 2 bridgehead atoms. The maximum Gasteiger partial charge on any atom is 0.264 e. The Labute approximate surface area is 286 Å². The number of fused-ring (bicyclic) bond motifs is 3. The Kier molecular flexibility index (Phi) is 12.0. The number of benzene rings is 2. The number of nitrogens with zero attached hydrogens (tertiary/aromatic N) is 1. The lowest BCUT2D eigenvalue weighted by molar-refractivity contribution is -0.0543. The van der Waals surface area contributed by atoms with Crippen molar-refractivity contribution >= 4 is 33.2 Å². The highest BCUT2D eigenvalue weighted by molar-refractivity contribution is 7.90. The number of anilines is 1. The fourth-order valence-electron chi connectivity index (χ4n) is 7.76. The number of methoxy groups -OCH3 is 1. The van der Waals surface area contributed by atoms with Crippen LogP contribution in [-0.2, 0) is 32.5 Å². The molecule has 2 aromatic carbocycles. The van der Waals surface area contributed by atoms with Crippen molar-refractivity contribution in [2.24, 2.45) is 29.6 Å². The van der Waals surface area contributed by atoms with E-state index in [4.69, 9.17) is 25.8 Å². The van der Waals surface area contributed by atoms with Crippen molar-refractivity contribution < 1.29 is 27.4 Å². The molecule has 1 amide bonds. The summed E-state index contributed by atoms with van der Waals surface area (Å²) in [7, 11) is -2.31. The van der Waals surface area contributed by atoms with E-state index in [9.17, 15) is 13.2 Å². The largest absolute Gasteiger partial charge is 0.487 e. The van der Waals surface area contributed by atoms with Crippen molar-refractivity contribution in [3.63, 3.8) is 0 Å². The minimum Gasteiger partial charge on any atom is -0.487 e. The van der Waals surface area contributed by atoms with Gasteiger partial charge in [0.15, 0.2) is 0 Å². The zero-order chi connectivity index (χ0) is 33.7. The zero-order valence-corrected chi connectivity index (χ0v) is 30.0. The molecule has 2 aliphatic heterocycles. The second kappa shape index (κ2) is 15.7. The first-order valence-electron chi connectivity index (χ1n) is 17.1. The van der Waals surface area contributed by atoms with Gasteiger partial charge in [0, 0.05) is 30.8 Å². The van der Waals surface area contributed by atoms with Crippen LogP contribution < -0.4 is 14.4 Å². The highest BCUT2D eigenvalue weighted by atomic mass is 35.5. The van der Waals surface area contributed by atoms with Crippen molar-refractivity contribution in [3.05, 3.63) is 70.3 Å². The van der Waals surface area contributed by atoms with Crippen LogP contribution in [0, 0.1) is 29.6 Å². The molecule has 2 aromatic rings. The summed E-state index contributed by atoms with van der Waals surface area (Å²) in [6, 6.07) is 11.2. The average molecular weight is 687 g/mol. The van der Waals surface area contributed by atoms with Gasteiger partial charge in [0.25, 0.3) is 5.91 Å². The van der Waals surface area contributed by atoms with Gasteiger partial charge in [-0.3, -0.25) is 4.79 Å². The highest BCUT2D eigenvalue weighted by Crippen LogP contribution is 2.46. The van der Waals surface area contributed by atoms with Crippen molar-refractivity contribution in [2.75, 3.05) is 38.3 Å². The quantitative estimate of drug-likeness (QED) is 0.266. The molecule has 258 valence electrons. The molecule has 1 saturated carbocycles. The summed E-state index contributed by atoms with van der Waals surface area (Å²) in [5, 5.41) is -0.0345. The lowest BCUT2D eigenvalue weighted by Gasteiger charge is -2.48. The molecule has 0 saturated heterocycles. The van der Waals surface area contributed by atoms with Crippen molar-refractivity contribution in [1.29, 1.82) is 0 Å². The molecule has 1 N–H and O–H groups in total. The van der Waals surface area contributed by atoms with Crippen LogP contribution in [0.1, 0.15) is 74.9 Å². The zero-order valence-electron chi connectivity index (χ0n) is 28.4. The Bertz CT molecular complexity index is 1530. The molecule has 1 fully saturated rings. The van der Waals surface area contributed by atoms with Gasteiger partial charge in [0.05, 0.1) is 30.3 Å². The molecule has 47 heavy (non-hydrogen) atoms. The number of allylic oxidation sites excluding steroid dienone is 1. The van der Waals surface area contributed by atoms with E-state index in [2.05, 4.69) is 28.7 Å². The van der Waals surface area contributed by atoms with Crippen molar-refractivity contribution in [1.82, 2.24) is 4.72 Å². The maximum atomic E-state index is 13.8. The molecule has 0 spiro atoms. The third-order valence-corrected chi connectivity index (χ3v) is 12.7. The third kappa shape index (κ3) is 8.53. The van der Waals surface area contributed by atoms with Crippen LogP contribution in [0.25, 0.3) is 0 Å². The molecule has 2 heterocycles. The van der Waals surface area contributed by atoms with Crippen LogP contribution in [0.15, 0.2) is 48.6 Å². The molecule has 8 nitrogen and oxygen atoms in total. The van der Waals surface area contributed by atoms with E-state index in [1.807, 2.05) is 51.1 Å². The summed E-state index contributed by atoms with van der Waals surface area (Å²) < 4.78 is 48.2. The smallest absolute Gasteiger partial charge is 0.264 e. The molecule has 1 aliphatic carbocycles. The predicted octanol–water partition coefficient (Wildman–Crippen LogP) is 7.05. The van der Waals surface area contributed by atoms with Gasteiger partial charge < -0.3 is 19.1 Å². The first-order valence-corrected chi connectivity index (χ1v) is 19.0. The monoisotopic (exact) mass is 686 g/mol. The topological polar surface area (TPSA) is 94.2 Å². The molecular formula is C37H51ClN2O6S. The first-order chi connectivity index (χ1) is 22.5. The Morgan fingerprint density at radius 2 is 1.85 bits per heavy atom. The molecule has 0 radical (unpaired) electrons. The van der Waals surface area contributed by atoms with Crippen LogP contribution in [0.2, 0.25) is 5.02 Å². The van der Waals surface area contributed by atoms with Crippen LogP contribution in [0.5, 0.6) is 5.75 Å². The van der Waals surface area contributed by atoms with Gasteiger partial charge in [-0.1, -0.05) is 57.5 Å². The van der Waals surface area contributed by atoms with Crippen LogP contribution in [-0.4, -0.2) is 59.1 Å². The highest BCUT2D eigenvalue weighted by Gasteiger charge is 2.43. The first kappa shape index (κ1) is 35.7. The number of hydrogen-bond acceptors (Lipinski definition) is 7. The Hall–Kier alpha value is -2.59. The standard InChI is InChI=1S/C37H51ClN2O6S/c1-24(2)36-25(3)9-8-11-34(45-18-17-44-5)31-19-26(4)32(31)22-40-16-7-6-10-27-20-30(38)14-12-29(27)23-46-35-15-13-28(21-33(35)40)37(41)39-47(36,42)43/h8,11-15,20-21,24-26,31-32,34,36H,6-7,9-10,16-19,22-23H2,1-5H3,(H,39,41)/b11-8+/t25-,26-,31-,32-,34+,36+/m1/s1. The molecule has 0 aromatic heterocycles. The predicted molar refractivity (Wildman–Crippen MR) is 188 cm³/mol. The second-order valence-electron chi connectivity index (χ2n) is 14.0. The summed E-state index contributed by atoms with van der Waals surface area (Å²) in [5.41, 5.74) is 3.37. The molecule has 3 aliphatic rings. The number of nitrogens with one attached hydrogen (secondary N) is 1. The number of hydrogen-bond donors (Lipinski definition) is 1. The minimum atomic E-state index is -3.98. The SMILES string of the molecule is COCCO[C@H]1/C=C/C[C@@H](C)[C@H](C(C)C)S(=O)(=O)NC(=O)c2ccc3c(c2)N(CCCCc2cc(Cl)ccc2CO3)C[C@H]2[C@H]1C[C@H]2C. The summed E-state index contributed by atoms with van der Waals surface area (Å²) in [5.74, 6) is 0.786. The lowest BCUT2D eigenvalue weighted by Crippen LogP contribution is -2.49. The van der Waals surface area contributed by atoms with E-state index >= 15 is 0 Å². The normalized spacial score (nSPS) is 28.9. The van der Waals surface area contributed by atoms with E-state index in [0.29, 0.717) is 60.3 Å². The summed E-state index contributed by atoms with van der Waals surface area (Å²) in [4.78, 5) is 16.0. The number of aryl methyl sites for hydroxylation is 1. The number of carbonyl (C=O) groups excluding carboxylic acids is 1. The van der Waals surface area contributed by atoms with Gasteiger partial charge in [-0.05, 0) is 103 Å². The van der Waals surface area contributed by atoms with Gasteiger partial charge in [-0.25, -0.2) is 13.1 Å². The number of sulfonamides is 1. The second-order valence-corrected chi connectivity index (χ2v) is 16.3. The number of amides is 1. The van der Waals surface area contributed by atoms with Crippen LogP contribution in [0.4, 0.5) is 5.69 Å². The molecule has 5 rings (SSSR count). The van der Waals surface area contributed by atoms with Crippen molar-refractivity contribution in [3.8, 4) is 5.75 Å². The lowest BCUT2D eigenvalue weighted by atomic mass is 9.63. The molecular weight excluding hydrogens is 636 g/mol. The molecule has 0 unspecified atom stereocenters. The van der Waals surface area contributed by atoms with E-state index in [-0.39, 0.29) is 17.9 Å². The summed E-state index contributed by atoms with van der Waals surface area (Å²) in [6.07, 6.45) is 8.51. The van der Waals surface area contributed by atoms with Crippen LogP contribution in [0.3, 0.4) is 0 Å². The number of halogens is 1. The minimum absolute atomic E-state index is 0.106. The summed E-state index contributed by atoms with van der Waals surface area (Å²) >= 11 is 6.36. The maximum absolute atomic E-state index is 13.8. The Balaban J connectivity index is 1.57. The van der Waals surface area contributed by atoms with Gasteiger partial charge in [0.1, 0.15) is 12.4 Å². The fraction of sp³-hybridized carbons (Fsp3) is 0.595. The number of rotatable bonds is 5. The molecule has 10 heteroatoms. The van der Waals surface area contributed by atoms with E-state index in [0.717, 1.165) is 50.0 Å². The Morgan fingerprint density at radius 1 is 1.04 bits per heavy atom. The molecule has 6 atom stereocenters. The van der Waals surface area contributed by atoms with E-state index < -0.39 is 21.2 Å². The summed E-state index contributed by atoms with van der Waals surface area (Å²) in [6.45, 7) is 10.9. The number of ether oxygens (including phenoxy) is 3. The van der Waals surface area contributed by atoms with E-state index in [1.54, 1.807) is 13.2 Å². The third-order valence-electron chi connectivity index (χ3n) is 10.3. The van der Waals surface area contributed by atoms with Gasteiger partial charge in [-0.15, -0.1) is 0 Å². The Morgan fingerprint density at radius 3 is 2.60 bits per heavy atom.